The first-order valence-corrected chi connectivity index (χ1v) is 16.0. The van der Waals surface area contributed by atoms with Gasteiger partial charge in [-0.2, -0.15) is 5.10 Å². The van der Waals surface area contributed by atoms with E-state index in [0.29, 0.717) is 17.6 Å². The number of ether oxygens (including phenoxy) is 1. The molecule has 0 radical (unpaired) electrons. The van der Waals surface area contributed by atoms with Crippen LogP contribution < -0.4 is 4.90 Å². The van der Waals surface area contributed by atoms with Gasteiger partial charge in [-0.1, -0.05) is 24.6 Å². The summed E-state index contributed by atoms with van der Waals surface area (Å²) in [5.74, 6) is -0.435. The van der Waals surface area contributed by atoms with E-state index in [4.69, 9.17) is 14.8 Å². The average molecular weight is 567 g/mol. The van der Waals surface area contributed by atoms with Gasteiger partial charge in [0.25, 0.3) is 5.91 Å². The molecule has 1 aromatic carbocycles. The normalized spacial score (nSPS) is 19.6. The number of benzene rings is 1. The number of piperidine rings is 1. The van der Waals surface area contributed by atoms with Crippen molar-refractivity contribution in [2.45, 2.75) is 51.0 Å². The minimum absolute atomic E-state index is 0.120. The molecule has 2 aliphatic heterocycles. The summed E-state index contributed by atoms with van der Waals surface area (Å²) in [6.45, 7) is 6.74. The maximum absolute atomic E-state index is 13.6. The van der Waals surface area contributed by atoms with E-state index in [-0.39, 0.29) is 11.4 Å². The quantitative estimate of drug-likeness (QED) is 0.429. The molecule has 2 saturated heterocycles. The van der Waals surface area contributed by atoms with Crippen molar-refractivity contribution in [3.05, 3.63) is 47.8 Å². The summed E-state index contributed by atoms with van der Waals surface area (Å²) in [5.41, 5.74) is 3.54. The predicted octanol–water partition coefficient (Wildman–Crippen LogP) is 3.41. The molecule has 0 N–H and O–H groups in total. The molecule has 214 valence electrons. The van der Waals surface area contributed by atoms with Gasteiger partial charge in [0.1, 0.15) is 5.69 Å². The Hall–Kier alpha value is -3.02. The van der Waals surface area contributed by atoms with Crippen LogP contribution in [0.5, 0.6) is 0 Å². The fourth-order valence-electron chi connectivity index (χ4n) is 6.09. The van der Waals surface area contributed by atoms with Crippen LogP contribution >= 0.6 is 0 Å². The van der Waals surface area contributed by atoms with Crippen molar-refractivity contribution >= 4 is 32.7 Å². The maximum Gasteiger partial charge on any atom is 0.285 e. The van der Waals surface area contributed by atoms with Crippen LogP contribution in [0.3, 0.4) is 0 Å². The number of carbonyl (C=O) groups excluding carboxylic acids is 1. The zero-order chi connectivity index (χ0) is 27.9. The second kappa shape index (κ2) is 11.1. The first-order chi connectivity index (χ1) is 19.4. The number of fused-ring (bicyclic) bond motifs is 1. The molecular formula is C29H38N6O4S. The Morgan fingerprint density at radius 2 is 1.75 bits per heavy atom. The van der Waals surface area contributed by atoms with Gasteiger partial charge < -0.3 is 9.64 Å². The lowest BCUT2D eigenvalue weighted by Gasteiger charge is -2.41. The van der Waals surface area contributed by atoms with E-state index < -0.39 is 15.9 Å². The van der Waals surface area contributed by atoms with Gasteiger partial charge in [0, 0.05) is 45.2 Å². The summed E-state index contributed by atoms with van der Waals surface area (Å²) < 4.78 is 33.4. The second-order valence-electron chi connectivity index (χ2n) is 11.0. The third kappa shape index (κ3) is 4.99. The number of nitrogens with zero attached hydrogens (tertiary/aromatic N) is 6. The Balaban J connectivity index is 1.46. The number of hydrogen-bond acceptors (Lipinski definition) is 8. The molecule has 0 unspecified atom stereocenters. The number of carbonyl (C=O) groups is 1. The topological polar surface area (TPSA) is 101 Å². The van der Waals surface area contributed by atoms with E-state index in [2.05, 4.69) is 9.80 Å². The molecule has 10 nitrogen and oxygen atoms in total. The van der Waals surface area contributed by atoms with Crippen molar-refractivity contribution in [1.29, 1.82) is 0 Å². The van der Waals surface area contributed by atoms with Crippen LogP contribution in [-0.4, -0.2) is 96.5 Å². The van der Waals surface area contributed by atoms with Crippen LogP contribution in [0.2, 0.25) is 0 Å². The summed E-state index contributed by atoms with van der Waals surface area (Å²) >= 11 is 0. The third-order valence-corrected chi connectivity index (χ3v) is 10.5. The van der Waals surface area contributed by atoms with Crippen LogP contribution in [0.15, 0.2) is 36.4 Å². The Morgan fingerprint density at radius 3 is 2.38 bits per heavy atom. The lowest BCUT2D eigenvalue weighted by Crippen LogP contribution is -2.49. The molecule has 0 bridgehead atoms. The van der Waals surface area contributed by atoms with Crippen LogP contribution in [0.1, 0.15) is 61.1 Å². The molecule has 3 fully saturated rings. The van der Waals surface area contributed by atoms with Crippen molar-refractivity contribution in [3.63, 3.8) is 0 Å². The molecule has 6 rings (SSSR count). The molecule has 1 aliphatic carbocycles. The molecule has 3 aromatic rings. The molecule has 3 aliphatic rings. The van der Waals surface area contributed by atoms with E-state index in [1.54, 1.807) is 6.07 Å². The highest BCUT2D eigenvalue weighted by molar-refractivity contribution is 7.89. The molecule has 0 spiro atoms. The van der Waals surface area contributed by atoms with E-state index >= 15 is 0 Å². The number of anilines is 1. The van der Waals surface area contributed by atoms with E-state index in [9.17, 15) is 13.2 Å². The predicted molar refractivity (Wildman–Crippen MR) is 155 cm³/mol. The summed E-state index contributed by atoms with van der Waals surface area (Å²) in [6.07, 6.45) is 5.37. The fourth-order valence-corrected chi connectivity index (χ4v) is 6.83. The third-order valence-electron chi connectivity index (χ3n) is 8.79. The monoisotopic (exact) mass is 566 g/mol. The van der Waals surface area contributed by atoms with Crippen LogP contribution in [0.4, 0.5) is 5.69 Å². The molecule has 1 amide bonds. The maximum atomic E-state index is 13.6. The number of sulfonamides is 1. The van der Waals surface area contributed by atoms with Gasteiger partial charge in [0.15, 0.2) is 5.65 Å². The fraction of sp³-hybridized carbons (Fsp3) is 0.552. The van der Waals surface area contributed by atoms with Gasteiger partial charge in [0.2, 0.25) is 10.0 Å². The van der Waals surface area contributed by atoms with Gasteiger partial charge >= 0.3 is 0 Å². The Morgan fingerprint density at radius 1 is 1.05 bits per heavy atom. The van der Waals surface area contributed by atoms with Crippen LogP contribution in [0, 0.1) is 0 Å². The molecule has 1 saturated carbocycles. The molecule has 40 heavy (non-hydrogen) atoms. The van der Waals surface area contributed by atoms with Gasteiger partial charge in [-0.05, 0) is 50.8 Å². The largest absolute Gasteiger partial charge is 0.379 e. The minimum atomic E-state index is -3.73. The number of hydrogen-bond donors (Lipinski definition) is 0. The summed E-state index contributed by atoms with van der Waals surface area (Å²) in [5, 5.41) is 6.08. The van der Waals surface area contributed by atoms with Gasteiger partial charge in [-0.15, -0.1) is 0 Å². The summed E-state index contributed by atoms with van der Waals surface area (Å²) in [6, 6.07) is 12.2. The average Bonchev–Trinajstić information content (AvgIpc) is 3.35. The smallest absolute Gasteiger partial charge is 0.285 e. The minimum Gasteiger partial charge on any atom is -0.379 e. The number of pyridine rings is 1. The number of morpholine rings is 1. The molecule has 4 heterocycles. The number of rotatable bonds is 7. The standard InChI is InChI=1S/C29H38N6O4S/c1-3-40(37,38)32(2)29(36)24-20-25(34-14-12-22(13-15-34)33-16-18-39-19-17-33)26-27(21-8-7-9-21)31-35(28(26)30-24)23-10-5-4-6-11-23/h4-6,10-11,20-22H,3,7-9,12-19H2,1-2H3. The molecular weight excluding hydrogens is 528 g/mol. The van der Waals surface area contributed by atoms with Crippen molar-refractivity contribution in [2.24, 2.45) is 0 Å². The highest BCUT2D eigenvalue weighted by atomic mass is 32.2. The highest BCUT2D eigenvalue weighted by Crippen LogP contribution is 2.43. The lowest BCUT2D eigenvalue weighted by atomic mass is 9.82. The lowest BCUT2D eigenvalue weighted by molar-refractivity contribution is 0.0115. The molecule has 2 aromatic heterocycles. The van der Waals surface area contributed by atoms with Gasteiger partial charge in [-0.3, -0.25) is 9.69 Å². The zero-order valence-electron chi connectivity index (χ0n) is 23.3. The Labute approximate surface area is 235 Å². The second-order valence-corrected chi connectivity index (χ2v) is 13.3. The number of amides is 1. The summed E-state index contributed by atoms with van der Waals surface area (Å²) in [4.78, 5) is 23.3. The number of para-hydroxylation sites is 1. The Bertz CT molecular complexity index is 1470. The van der Waals surface area contributed by atoms with Crippen LogP contribution in [0.25, 0.3) is 16.7 Å². The first-order valence-electron chi connectivity index (χ1n) is 14.4. The SMILES string of the molecule is CCS(=O)(=O)N(C)C(=O)c1cc(N2CCC(N3CCOCC3)CC2)c2c(C3CCC3)nn(-c3ccccc3)c2n1. The van der Waals surface area contributed by atoms with Crippen LogP contribution in [-0.2, 0) is 14.8 Å². The first kappa shape index (κ1) is 27.2. The zero-order valence-corrected chi connectivity index (χ0v) is 24.1. The van der Waals surface area contributed by atoms with Crippen molar-refractivity contribution < 1.29 is 17.9 Å². The highest BCUT2D eigenvalue weighted by Gasteiger charge is 2.33. The van der Waals surface area contributed by atoms with Crippen molar-refractivity contribution in [1.82, 2.24) is 24.0 Å². The molecule has 11 heteroatoms. The van der Waals surface area contributed by atoms with Crippen molar-refractivity contribution in [3.8, 4) is 5.69 Å². The van der Waals surface area contributed by atoms with E-state index in [0.717, 1.165) is 91.8 Å². The molecule has 0 atom stereocenters. The van der Waals surface area contributed by atoms with Gasteiger partial charge in [0.05, 0.1) is 41.4 Å². The summed E-state index contributed by atoms with van der Waals surface area (Å²) in [7, 11) is -2.42. The van der Waals surface area contributed by atoms with Gasteiger partial charge in [-0.25, -0.2) is 22.4 Å². The van der Waals surface area contributed by atoms with Crippen molar-refractivity contribution in [2.75, 3.05) is 57.1 Å². The van der Waals surface area contributed by atoms with E-state index in [1.807, 2.05) is 35.0 Å². The number of aromatic nitrogens is 3. The Kier molecular flexibility index (Phi) is 7.54. The van der Waals surface area contributed by atoms with E-state index in [1.165, 1.54) is 20.4 Å².